The average Bonchev–Trinajstić information content (AvgIpc) is 3.17. The number of anilines is 1. The van der Waals surface area contributed by atoms with Crippen molar-refractivity contribution in [3.8, 4) is 6.07 Å². The van der Waals surface area contributed by atoms with Crippen molar-refractivity contribution in [2.24, 2.45) is 7.05 Å². The van der Waals surface area contributed by atoms with Crippen molar-refractivity contribution in [3.63, 3.8) is 0 Å². The van der Waals surface area contributed by atoms with Crippen LogP contribution in [0, 0.1) is 11.3 Å². The van der Waals surface area contributed by atoms with Crippen LogP contribution in [-0.2, 0) is 24.8 Å². The Hall–Kier alpha value is -2.86. The van der Waals surface area contributed by atoms with Crippen LogP contribution in [0.1, 0.15) is 33.4 Å². The Morgan fingerprint density at radius 3 is 2.96 bits per heavy atom. The third-order valence-electron chi connectivity index (χ3n) is 3.98. The van der Waals surface area contributed by atoms with Gasteiger partial charge in [-0.05, 0) is 25.0 Å². The number of fused-ring (bicyclic) bond motifs is 1. The highest BCUT2D eigenvalue weighted by molar-refractivity contribution is 7.16. The van der Waals surface area contributed by atoms with Crippen LogP contribution in [-0.4, -0.2) is 39.8 Å². The van der Waals surface area contributed by atoms with Gasteiger partial charge in [0.25, 0.3) is 5.91 Å². The molecule has 2 aromatic heterocycles. The summed E-state index contributed by atoms with van der Waals surface area (Å²) in [6.45, 7) is 2.96. The van der Waals surface area contributed by atoms with Crippen molar-refractivity contribution in [1.29, 1.82) is 5.26 Å². The highest BCUT2D eigenvalue weighted by Crippen LogP contribution is 2.37. The third kappa shape index (κ3) is 3.21. The van der Waals surface area contributed by atoms with Crippen LogP contribution in [0.3, 0.4) is 0 Å². The lowest BCUT2D eigenvalue weighted by atomic mass is 10.0. The number of carbonyl (C=O) groups is 2. The van der Waals surface area contributed by atoms with E-state index in [1.165, 1.54) is 22.2 Å². The first-order chi connectivity index (χ1) is 12.0. The van der Waals surface area contributed by atoms with Gasteiger partial charge in [0.15, 0.2) is 0 Å². The van der Waals surface area contributed by atoms with Crippen molar-refractivity contribution < 1.29 is 14.3 Å². The number of hydrogen-bond acceptors (Lipinski definition) is 6. The molecule has 0 fully saturated rings. The van der Waals surface area contributed by atoms with Crippen molar-refractivity contribution in [3.05, 3.63) is 34.0 Å². The molecule has 0 saturated heterocycles. The topological polar surface area (TPSA) is 100 Å². The fraction of sp³-hybridized carbons (Fsp3) is 0.375. The summed E-state index contributed by atoms with van der Waals surface area (Å²) in [4.78, 5) is 26.8. The number of carbonyl (C=O) groups excluding carboxylic acids is 2. The molecule has 0 saturated carbocycles. The summed E-state index contributed by atoms with van der Waals surface area (Å²) >= 11 is 1.32. The van der Waals surface area contributed by atoms with Gasteiger partial charge in [0.1, 0.15) is 16.8 Å². The summed E-state index contributed by atoms with van der Waals surface area (Å²) in [5.41, 5.74) is 1.77. The first kappa shape index (κ1) is 17.0. The molecular formula is C16H17N5O3S. The number of ether oxygens (including phenoxy) is 1. The van der Waals surface area contributed by atoms with Gasteiger partial charge in [-0.25, -0.2) is 4.79 Å². The van der Waals surface area contributed by atoms with Crippen molar-refractivity contribution >= 4 is 28.3 Å². The second-order valence-corrected chi connectivity index (χ2v) is 6.59. The van der Waals surface area contributed by atoms with Crippen LogP contribution in [0.15, 0.2) is 12.3 Å². The first-order valence-corrected chi connectivity index (χ1v) is 8.62. The van der Waals surface area contributed by atoms with Gasteiger partial charge in [-0.2, -0.15) is 10.4 Å². The number of aromatic nitrogens is 2. The van der Waals surface area contributed by atoms with Crippen LogP contribution >= 0.6 is 11.3 Å². The van der Waals surface area contributed by atoms with Gasteiger partial charge in [-0.3, -0.25) is 9.48 Å². The molecule has 0 spiro atoms. The lowest BCUT2D eigenvalue weighted by molar-refractivity contribution is 0.101. The predicted octanol–water partition coefficient (Wildman–Crippen LogP) is 2.12. The van der Waals surface area contributed by atoms with E-state index in [1.54, 1.807) is 24.9 Å². The van der Waals surface area contributed by atoms with E-state index in [9.17, 15) is 14.9 Å². The molecular weight excluding hydrogens is 342 g/mol. The molecule has 0 unspecified atom stereocenters. The number of aryl methyl sites for hydroxylation is 1. The molecule has 25 heavy (non-hydrogen) atoms. The van der Waals surface area contributed by atoms with Crippen LogP contribution in [0.4, 0.5) is 9.80 Å². The molecule has 130 valence electrons. The molecule has 2 aromatic rings. The van der Waals surface area contributed by atoms with E-state index in [2.05, 4.69) is 16.5 Å². The average molecular weight is 359 g/mol. The number of amides is 2. The Labute approximate surface area is 148 Å². The monoisotopic (exact) mass is 359 g/mol. The third-order valence-corrected chi connectivity index (χ3v) is 5.11. The fourth-order valence-corrected chi connectivity index (χ4v) is 3.95. The van der Waals surface area contributed by atoms with E-state index in [0.717, 1.165) is 10.4 Å². The maximum absolute atomic E-state index is 12.4. The van der Waals surface area contributed by atoms with Gasteiger partial charge in [-0.15, -0.1) is 11.3 Å². The van der Waals surface area contributed by atoms with Crippen molar-refractivity contribution in [1.82, 2.24) is 14.7 Å². The molecule has 1 aliphatic rings. The summed E-state index contributed by atoms with van der Waals surface area (Å²) in [7, 11) is 1.68. The van der Waals surface area contributed by atoms with Gasteiger partial charge < -0.3 is 15.0 Å². The highest BCUT2D eigenvalue weighted by atomic mass is 32.1. The number of nitrogens with zero attached hydrogens (tertiary/aromatic N) is 4. The second kappa shape index (κ2) is 6.94. The van der Waals surface area contributed by atoms with Crippen molar-refractivity contribution in [2.75, 3.05) is 18.5 Å². The zero-order valence-electron chi connectivity index (χ0n) is 13.9. The van der Waals surface area contributed by atoms with E-state index in [1.807, 2.05) is 0 Å². The Kier molecular flexibility index (Phi) is 4.72. The number of nitrogens with one attached hydrogen (secondary N) is 1. The van der Waals surface area contributed by atoms with Crippen LogP contribution in [0.25, 0.3) is 0 Å². The molecule has 1 N–H and O–H groups in total. The Morgan fingerprint density at radius 2 is 2.32 bits per heavy atom. The van der Waals surface area contributed by atoms with Gasteiger partial charge >= 0.3 is 6.09 Å². The molecule has 0 radical (unpaired) electrons. The molecule has 3 heterocycles. The summed E-state index contributed by atoms with van der Waals surface area (Å²) in [5.74, 6) is -0.322. The minimum Gasteiger partial charge on any atom is -0.450 e. The number of hydrogen-bond donors (Lipinski definition) is 1. The Bertz CT molecular complexity index is 864. The van der Waals surface area contributed by atoms with E-state index >= 15 is 0 Å². The zero-order valence-corrected chi connectivity index (χ0v) is 14.7. The smallest absolute Gasteiger partial charge is 0.410 e. The molecule has 1 aliphatic heterocycles. The van der Waals surface area contributed by atoms with Crippen LogP contribution < -0.4 is 5.32 Å². The van der Waals surface area contributed by atoms with Gasteiger partial charge in [0, 0.05) is 24.7 Å². The number of nitriles is 1. The Balaban J connectivity index is 1.84. The van der Waals surface area contributed by atoms with Gasteiger partial charge in [-0.1, -0.05) is 0 Å². The van der Waals surface area contributed by atoms with Crippen molar-refractivity contribution in [2.45, 2.75) is 19.9 Å². The summed E-state index contributed by atoms with van der Waals surface area (Å²) in [6, 6.07) is 3.79. The zero-order chi connectivity index (χ0) is 18.0. The quantitative estimate of drug-likeness (QED) is 0.905. The van der Waals surface area contributed by atoms with Crippen LogP contribution in [0.2, 0.25) is 0 Å². The molecule has 8 nitrogen and oxygen atoms in total. The molecule has 3 rings (SSSR count). The number of rotatable bonds is 3. The Morgan fingerprint density at radius 1 is 1.52 bits per heavy atom. The highest BCUT2D eigenvalue weighted by Gasteiger charge is 2.28. The summed E-state index contributed by atoms with van der Waals surface area (Å²) < 4.78 is 6.50. The lowest BCUT2D eigenvalue weighted by Gasteiger charge is -2.25. The molecule has 2 amide bonds. The molecule has 0 aliphatic carbocycles. The van der Waals surface area contributed by atoms with E-state index in [-0.39, 0.29) is 12.0 Å². The molecule has 0 atom stereocenters. The first-order valence-electron chi connectivity index (χ1n) is 7.80. The normalized spacial score (nSPS) is 13.1. The molecule has 9 heteroatoms. The second-order valence-electron chi connectivity index (χ2n) is 5.48. The summed E-state index contributed by atoms with van der Waals surface area (Å²) in [5, 5.41) is 16.8. The fourth-order valence-electron chi connectivity index (χ4n) is 2.74. The minimum absolute atomic E-state index is 0.322. The molecule has 0 aromatic carbocycles. The van der Waals surface area contributed by atoms with E-state index in [4.69, 9.17) is 4.74 Å². The lowest BCUT2D eigenvalue weighted by Crippen LogP contribution is -2.35. The minimum atomic E-state index is -0.361. The van der Waals surface area contributed by atoms with Gasteiger partial charge in [0.05, 0.1) is 18.7 Å². The van der Waals surface area contributed by atoms with E-state index in [0.29, 0.717) is 42.4 Å². The SMILES string of the molecule is CCOC(=O)N1CCc2c(sc(NC(=O)c3ccnn3C)c2C#N)C1. The number of thiophene rings is 1. The molecule has 0 bridgehead atoms. The van der Waals surface area contributed by atoms with Gasteiger partial charge in [0.2, 0.25) is 0 Å². The summed E-state index contributed by atoms with van der Waals surface area (Å²) in [6.07, 6.45) is 1.74. The van der Waals surface area contributed by atoms with E-state index < -0.39 is 0 Å². The predicted molar refractivity (Wildman–Crippen MR) is 91.3 cm³/mol. The maximum atomic E-state index is 12.4. The largest absolute Gasteiger partial charge is 0.450 e. The standard InChI is InChI=1S/C16H17N5O3S/c1-3-24-16(23)21-7-5-10-11(8-17)15(25-13(10)9-21)19-14(22)12-4-6-18-20(12)2/h4,6H,3,5,7,9H2,1-2H3,(H,19,22). The van der Waals surface area contributed by atoms with Crippen LogP contribution in [0.5, 0.6) is 0 Å². The maximum Gasteiger partial charge on any atom is 0.410 e.